The number of fused-ring (bicyclic) bond motifs is 1. The molecule has 3 saturated heterocycles. The van der Waals surface area contributed by atoms with Crippen LogP contribution in [0, 0.1) is 0 Å². The second-order valence-electron chi connectivity index (χ2n) is 10.9. The van der Waals surface area contributed by atoms with Gasteiger partial charge in [-0.05, 0) is 19.9 Å². The Morgan fingerprint density at radius 3 is 2.15 bits per heavy atom. The molecule has 0 amide bonds. The highest BCUT2D eigenvalue weighted by Gasteiger charge is 2.54. The van der Waals surface area contributed by atoms with E-state index in [2.05, 4.69) is 10.6 Å². The molecule has 40 heavy (non-hydrogen) atoms. The van der Waals surface area contributed by atoms with Crippen molar-refractivity contribution in [1.29, 1.82) is 0 Å². The standard InChI is InChI=1S/C23H45N5O12/c1-27-13-16(33)20-10(36-22(13)40-23-18(35)15(32)12(26)11(6-30)37-23)5-8(25)21(39-20)38-19-9(28-2-3-29)4-7(24)14(31)17(19)34/h7-23,27-35H,2-6,24-26H2,1H3. The van der Waals surface area contributed by atoms with Gasteiger partial charge in [-0.1, -0.05) is 0 Å². The maximum atomic E-state index is 11.2. The van der Waals surface area contributed by atoms with Gasteiger partial charge in [0.2, 0.25) is 0 Å². The van der Waals surface area contributed by atoms with E-state index in [1.807, 2.05) is 0 Å². The summed E-state index contributed by atoms with van der Waals surface area (Å²) in [6.45, 7) is -0.465. The molecule has 0 aromatic carbocycles. The predicted molar refractivity (Wildman–Crippen MR) is 134 cm³/mol. The van der Waals surface area contributed by atoms with Crippen LogP contribution in [0.3, 0.4) is 0 Å². The molecule has 15 N–H and O–H groups in total. The summed E-state index contributed by atoms with van der Waals surface area (Å²) in [5, 5.41) is 77.7. The van der Waals surface area contributed by atoms with E-state index < -0.39 is 111 Å². The first-order chi connectivity index (χ1) is 19.0. The SMILES string of the molecule is CNC1C(OC2OC(CO)C(N)C(O)C2O)OC2CC(N)C(OC3C(NCCO)CC(N)C(O)C3O)OC2C1O. The minimum atomic E-state index is -1.55. The molecular weight excluding hydrogens is 538 g/mol. The van der Waals surface area contributed by atoms with E-state index in [0.29, 0.717) is 0 Å². The van der Waals surface area contributed by atoms with E-state index in [1.165, 1.54) is 0 Å². The highest BCUT2D eigenvalue weighted by atomic mass is 16.8. The Hall–Kier alpha value is -0.680. The average Bonchev–Trinajstić information content (AvgIpc) is 2.93. The Morgan fingerprint density at radius 1 is 0.775 bits per heavy atom. The van der Waals surface area contributed by atoms with Crippen LogP contribution in [-0.2, 0) is 23.7 Å². The number of ether oxygens (including phenoxy) is 5. The predicted octanol–water partition coefficient (Wildman–Crippen LogP) is -7.33. The molecule has 3 heterocycles. The van der Waals surface area contributed by atoms with Gasteiger partial charge in [0.15, 0.2) is 18.9 Å². The minimum absolute atomic E-state index is 0.142. The van der Waals surface area contributed by atoms with E-state index in [4.69, 9.17) is 40.9 Å². The van der Waals surface area contributed by atoms with Gasteiger partial charge in [0.1, 0.15) is 42.7 Å². The summed E-state index contributed by atoms with van der Waals surface area (Å²) in [5.74, 6) is 0. The molecule has 17 unspecified atom stereocenters. The number of aliphatic hydroxyl groups is 7. The van der Waals surface area contributed by atoms with Gasteiger partial charge in [0.25, 0.3) is 0 Å². The monoisotopic (exact) mass is 583 g/mol. The second kappa shape index (κ2) is 13.7. The Bertz CT molecular complexity index is 803. The van der Waals surface area contributed by atoms with Crippen LogP contribution in [0.1, 0.15) is 12.8 Å². The lowest BCUT2D eigenvalue weighted by Gasteiger charge is -2.51. The Kier molecular flexibility index (Phi) is 11.1. The van der Waals surface area contributed by atoms with Gasteiger partial charge in [-0.25, -0.2) is 0 Å². The van der Waals surface area contributed by atoms with Crippen LogP contribution >= 0.6 is 0 Å². The van der Waals surface area contributed by atoms with E-state index in [-0.39, 0.29) is 26.0 Å². The average molecular weight is 584 g/mol. The van der Waals surface area contributed by atoms with Crippen molar-refractivity contribution in [3.63, 3.8) is 0 Å². The summed E-state index contributed by atoms with van der Waals surface area (Å²) in [4.78, 5) is 0. The number of aliphatic hydroxyl groups excluding tert-OH is 7. The van der Waals surface area contributed by atoms with Crippen molar-refractivity contribution in [3.05, 3.63) is 0 Å². The van der Waals surface area contributed by atoms with E-state index >= 15 is 0 Å². The van der Waals surface area contributed by atoms with Crippen molar-refractivity contribution in [2.45, 2.75) is 117 Å². The van der Waals surface area contributed by atoms with Gasteiger partial charge in [0.05, 0.1) is 43.5 Å². The van der Waals surface area contributed by atoms with Crippen LogP contribution in [0.5, 0.6) is 0 Å². The first kappa shape index (κ1) is 32.2. The molecule has 0 aromatic heterocycles. The van der Waals surface area contributed by atoms with Crippen LogP contribution in [0.15, 0.2) is 0 Å². The highest BCUT2D eigenvalue weighted by Crippen LogP contribution is 2.35. The van der Waals surface area contributed by atoms with Gasteiger partial charge in [-0.3, -0.25) is 0 Å². The molecule has 234 valence electrons. The molecule has 17 nitrogen and oxygen atoms in total. The van der Waals surface area contributed by atoms with Gasteiger partial charge < -0.3 is 87.3 Å². The normalized spacial score (nSPS) is 51.8. The van der Waals surface area contributed by atoms with Gasteiger partial charge in [-0.2, -0.15) is 0 Å². The smallest absolute Gasteiger partial charge is 0.189 e. The molecule has 0 radical (unpaired) electrons. The molecule has 1 saturated carbocycles. The van der Waals surface area contributed by atoms with Crippen molar-refractivity contribution in [2.24, 2.45) is 17.2 Å². The summed E-state index contributed by atoms with van der Waals surface area (Å²) >= 11 is 0. The number of likely N-dealkylation sites (N-methyl/N-ethyl adjacent to an activating group) is 1. The van der Waals surface area contributed by atoms with Crippen LogP contribution in [-0.4, -0.2) is 167 Å². The summed E-state index contributed by atoms with van der Waals surface area (Å²) < 4.78 is 29.5. The molecule has 0 bridgehead atoms. The number of hydrogen-bond acceptors (Lipinski definition) is 17. The minimum Gasteiger partial charge on any atom is -0.395 e. The lowest BCUT2D eigenvalue weighted by Crippen LogP contribution is -2.70. The van der Waals surface area contributed by atoms with Crippen molar-refractivity contribution >= 4 is 0 Å². The van der Waals surface area contributed by atoms with Crippen LogP contribution in [0.4, 0.5) is 0 Å². The second-order valence-corrected chi connectivity index (χ2v) is 10.9. The lowest BCUT2D eigenvalue weighted by atomic mass is 9.84. The topological polar surface area (TPSA) is 290 Å². The molecule has 17 heteroatoms. The zero-order chi connectivity index (χ0) is 29.3. The largest absolute Gasteiger partial charge is 0.395 e. The third kappa shape index (κ3) is 6.46. The first-order valence-corrected chi connectivity index (χ1v) is 13.6. The fraction of sp³-hybridized carbons (Fsp3) is 1.00. The maximum absolute atomic E-state index is 11.2. The summed E-state index contributed by atoms with van der Waals surface area (Å²) in [6, 6.07) is -3.95. The number of hydrogen-bond donors (Lipinski definition) is 12. The van der Waals surface area contributed by atoms with Crippen molar-refractivity contribution in [3.8, 4) is 0 Å². The summed E-state index contributed by atoms with van der Waals surface area (Å²) in [6.07, 6.45) is -13.8. The Balaban J connectivity index is 1.44. The molecule has 17 atom stereocenters. The Labute approximate surface area is 231 Å². The third-order valence-corrected chi connectivity index (χ3v) is 8.22. The molecule has 4 rings (SSSR count). The zero-order valence-corrected chi connectivity index (χ0v) is 22.3. The van der Waals surface area contributed by atoms with Crippen LogP contribution in [0.2, 0.25) is 0 Å². The van der Waals surface area contributed by atoms with Crippen molar-refractivity contribution < 1.29 is 59.4 Å². The highest BCUT2D eigenvalue weighted by molar-refractivity contribution is 5.02. The third-order valence-electron chi connectivity index (χ3n) is 8.22. The molecule has 1 aliphatic carbocycles. The van der Waals surface area contributed by atoms with Crippen LogP contribution in [0.25, 0.3) is 0 Å². The lowest BCUT2D eigenvalue weighted by molar-refractivity contribution is -0.373. The molecule has 3 aliphatic heterocycles. The van der Waals surface area contributed by atoms with E-state index in [1.54, 1.807) is 7.05 Å². The number of nitrogens with two attached hydrogens (primary N) is 3. The number of rotatable bonds is 9. The molecular formula is C23H45N5O12. The molecule has 4 fully saturated rings. The molecule has 4 aliphatic rings. The molecule has 0 spiro atoms. The fourth-order valence-electron chi connectivity index (χ4n) is 5.86. The van der Waals surface area contributed by atoms with E-state index in [0.717, 1.165) is 0 Å². The van der Waals surface area contributed by atoms with E-state index in [9.17, 15) is 35.7 Å². The van der Waals surface area contributed by atoms with Gasteiger partial charge in [-0.15, -0.1) is 0 Å². The number of nitrogens with one attached hydrogen (secondary N) is 2. The van der Waals surface area contributed by atoms with Crippen LogP contribution < -0.4 is 27.8 Å². The summed E-state index contributed by atoms with van der Waals surface area (Å²) in [7, 11) is 1.55. The zero-order valence-electron chi connectivity index (χ0n) is 22.3. The Morgan fingerprint density at radius 2 is 1.50 bits per heavy atom. The fourth-order valence-corrected chi connectivity index (χ4v) is 5.86. The first-order valence-electron chi connectivity index (χ1n) is 13.6. The van der Waals surface area contributed by atoms with Crippen molar-refractivity contribution in [2.75, 3.05) is 26.8 Å². The summed E-state index contributed by atoms with van der Waals surface area (Å²) in [5.41, 5.74) is 18.1. The maximum Gasteiger partial charge on any atom is 0.189 e. The van der Waals surface area contributed by atoms with Gasteiger partial charge in [0, 0.05) is 18.6 Å². The molecule has 0 aromatic rings. The quantitative estimate of drug-likeness (QED) is 0.120. The van der Waals surface area contributed by atoms with Gasteiger partial charge >= 0.3 is 0 Å². The van der Waals surface area contributed by atoms with Crippen molar-refractivity contribution in [1.82, 2.24) is 10.6 Å².